The number of phenolic OH excluding ortho intramolecular Hbond substituents is 1. The van der Waals surface area contributed by atoms with Gasteiger partial charge < -0.3 is 9.90 Å². The van der Waals surface area contributed by atoms with Gasteiger partial charge in [-0.3, -0.25) is 4.98 Å². The second-order valence-corrected chi connectivity index (χ2v) is 5.57. The monoisotopic (exact) mass is 285 g/mol. The van der Waals surface area contributed by atoms with Gasteiger partial charge in [0.05, 0.1) is 0 Å². The molecular weight excluding hydrogens is 269 g/mol. The van der Waals surface area contributed by atoms with Gasteiger partial charge in [-0.05, 0) is 61.1 Å². The van der Waals surface area contributed by atoms with Gasteiger partial charge in [0.2, 0.25) is 0 Å². The molecule has 1 aromatic carbocycles. The third-order valence-electron chi connectivity index (χ3n) is 4.23. The molecule has 2 unspecified atom stereocenters. The Morgan fingerprint density at radius 2 is 2.19 bits per heavy atom. The van der Waals surface area contributed by atoms with Gasteiger partial charge >= 0.3 is 0 Å². The molecule has 0 spiro atoms. The summed E-state index contributed by atoms with van der Waals surface area (Å²) in [4.78, 5) is 15.8. The van der Waals surface area contributed by atoms with E-state index in [0.29, 0.717) is 18.4 Å². The number of aromatic hydroxyl groups is 1. The van der Waals surface area contributed by atoms with E-state index in [4.69, 9.17) is 0 Å². The third-order valence-corrected chi connectivity index (χ3v) is 4.23. The lowest BCUT2D eigenvalue weighted by molar-refractivity contribution is -0.109. The van der Waals surface area contributed by atoms with Gasteiger partial charge in [-0.25, -0.2) is 4.39 Å². The second kappa shape index (κ2) is 5.28. The molecule has 0 saturated heterocycles. The zero-order valence-electron chi connectivity index (χ0n) is 11.7. The Balaban J connectivity index is 2.05. The fourth-order valence-corrected chi connectivity index (χ4v) is 3.25. The van der Waals surface area contributed by atoms with Crippen molar-refractivity contribution in [2.24, 2.45) is 0 Å². The summed E-state index contributed by atoms with van der Waals surface area (Å²) in [6.07, 6.45) is 3.83. The number of carbonyl (C=O) groups is 1. The first-order valence-electron chi connectivity index (χ1n) is 6.98. The summed E-state index contributed by atoms with van der Waals surface area (Å²) in [5, 5.41) is 9.97. The first kappa shape index (κ1) is 13.7. The first-order valence-corrected chi connectivity index (χ1v) is 6.98. The average Bonchev–Trinajstić information content (AvgIpc) is 2.48. The molecule has 4 heteroatoms. The average molecular weight is 285 g/mol. The Kier molecular flexibility index (Phi) is 3.45. The number of aryl methyl sites for hydroxylation is 1. The highest BCUT2D eigenvalue weighted by atomic mass is 19.1. The van der Waals surface area contributed by atoms with Gasteiger partial charge in [0.15, 0.2) is 0 Å². The van der Waals surface area contributed by atoms with Crippen LogP contribution in [-0.4, -0.2) is 16.4 Å². The SMILES string of the molecule is Cc1ccnc2c1C(C=O)CC(c1cc(F)ccc1O)C2. The number of rotatable bonds is 2. The molecular formula is C17H16FNO2. The van der Waals surface area contributed by atoms with Crippen molar-refractivity contribution in [3.8, 4) is 5.75 Å². The van der Waals surface area contributed by atoms with Gasteiger partial charge in [-0.1, -0.05) is 0 Å². The Bertz CT molecular complexity index is 699. The van der Waals surface area contributed by atoms with Crippen LogP contribution in [-0.2, 0) is 11.2 Å². The molecule has 0 amide bonds. The second-order valence-electron chi connectivity index (χ2n) is 5.57. The largest absolute Gasteiger partial charge is 0.508 e. The Labute approximate surface area is 122 Å². The highest BCUT2D eigenvalue weighted by Gasteiger charge is 2.31. The Morgan fingerprint density at radius 1 is 1.38 bits per heavy atom. The van der Waals surface area contributed by atoms with Gasteiger partial charge in [-0.15, -0.1) is 0 Å². The van der Waals surface area contributed by atoms with Crippen LogP contribution in [0.4, 0.5) is 4.39 Å². The molecule has 0 fully saturated rings. The number of phenols is 1. The molecule has 0 aliphatic heterocycles. The molecule has 108 valence electrons. The van der Waals surface area contributed by atoms with E-state index in [9.17, 15) is 14.3 Å². The number of aldehydes is 1. The molecule has 0 saturated carbocycles. The first-order chi connectivity index (χ1) is 10.1. The molecule has 1 aliphatic carbocycles. The van der Waals surface area contributed by atoms with E-state index in [1.54, 1.807) is 6.20 Å². The van der Waals surface area contributed by atoms with E-state index < -0.39 is 0 Å². The smallest absolute Gasteiger partial charge is 0.127 e. The summed E-state index contributed by atoms with van der Waals surface area (Å²) in [7, 11) is 0. The van der Waals surface area contributed by atoms with E-state index in [1.165, 1.54) is 18.2 Å². The van der Waals surface area contributed by atoms with Crippen molar-refractivity contribution in [3.63, 3.8) is 0 Å². The van der Waals surface area contributed by atoms with Crippen LogP contribution in [0, 0.1) is 12.7 Å². The van der Waals surface area contributed by atoms with E-state index in [1.807, 2.05) is 13.0 Å². The van der Waals surface area contributed by atoms with Crippen molar-refractivity contribution in [3.05, 3.63) is 58.7 Å². The predicted octanol–water partition coefficient (Wildman–Crippen LogP) is 3.25. The van der Waals surface area contributed by atoms with Crippen molar-refractivity contribution in [2.45, 2.75) is 31.6 Å². The lowest BCUT2D eigenvalue weighted by Crippen LogP contribution is -2.21. The standard InChI is InChI=1S/C17H16FNO2/c1-10-4-5-19-15-7-11(6-12(9-20)17(10)15)14-8-13(18)2-3-16(14)21/h2-5,8-9,11-12,21H,6-7H2,1H3. The molecule has 2 atom stereocenters. The zero-order chi connectivity index (χ0) is 15.0. The van der Waals surface area contributed by atoms with Crippen LogP contribution < -0.4 is 0 Å². The maximum absolute atomic E-state index is 13.4. The molecule has 1 aromatic heterocycles. The van der Waals surface area contributed by atoms with Gasteiger partial charge in [0, 0.05) is 23.4 Å². The quantitative estimate of drug-likeness (QED) is 0.862. The summed E-state index contributed by atoms with van der Waals surface area (Å²) < 4.78 is 13.4. The number of hydrogen-bond acceptors (Lipinski definition) is 3. The number of carbonyl (C=O) groups excluding carboxylic acids is 1. The molecule has 0 radical (unpaired) electrons. The van der Waals surface area contributed by atoms with E-state index in [2.05, 4.69) is 4.98 Å². The summed E-state index contributed by atoms with van der Waals surface area (Å²) >= 11 is 0. The number of benzene rings is 1. The van der Waals surface area contributed by atoms with Gasteiger partial charge in [0.25, 0.3) is 0 Å². The number of hydrogen-bond donors (Lipinski definition) is 1. The molecule has 21 heavy (non-hydrogen) atoms. The van der Waals surface area contributed by atoms with Crippen molar-refractivity contribution < 1.29 is 14.3 Å². The van der Waals surface area contributed by atoms with Crippen LogP contribution in [0.25, 0.3) is 0 Å². The number of pyridine rings is 1. The molecule has 3 nitrogen and oxygen atoms in total. The van der Waals surface area contributed by atoms with Crippen LogP contribution >= 0.6 is 0 Å². The maximum atomic E-state index is 13.4. The maximum Gasteiger partial charge on any atom is 0.127 e. The van der Waals surface area contributed by atoms with Crippen LogP contribution in [0.3, 0.4) is 0 Å². The van der Waals surface area contributed by atoms with E-state index in [-0.39, 0.29) is 23.4 Å². The lowest BCUT2D eigenvalue weighted by atomic mass is 9.75. The summed E-state index contributed by atoms with van der Waals surface area (Å²) in [6.45, 7) is 1.97. The molecule has 3 rings (SSSR count). The number of halogens is 1. The van der Waals surface area contributed by atoms with Crippen LogP contribution in [0.2, 0.25) is 0 Å². The molecule has 1 aliphatic rings. The minimum absolute atomic E-state index is 0.0714. The van der Waals surface area contributed by atoms with E-state index >= 15 is 0 Å². The summed E-state index contributed by atoms with van der Waals surface area (Å²) in [5.41, 5.74) is 3.46. The summed E-state index contributed by atoms with van der Waals surface area (Å²) in [6, 6.07) is 5.84. The number of nitrogens with zero attached hydrogens (tertiary/aromatic N) is 1. The number of aromatic nitrogens is 1. The van der Waals surface area contributed by atoms with Crippen molar-refractivity contribution >= 4 is 6.29 Å². The zero-order valence-corrected chi connectivity index (χ0v) is 11.7. The fraction of sp³-hybridized carbons (Fsp3) is 0.294. The van der Waals surface area contributed by atoms with E-state index in [0.717, 1.165) is 23.1 Å². The Hall–Kier alpha value is -2.23. The fourth-order valence-electron chi connectivity index (χ4n) is 3.25. The minimum Gasteiger partial charge on any atom is -0.508 e. The predicted molar refractivity (Wildman–Crippen MR) is 76.9 cm³/mol. The third kappa shape index (κ3) is 2.42. The lowest BCUT2D eigenvalue weighted by Gasteiger charge is -2.29. The van der Waals surface area contributed by atoms with Crippen molar-refractivity contribution in [2.75, 3.05) is 0 Å². The van der Waals surface area contributed by atoms with Gasteiger partial charge in [0.1, 0.15) is 17.9 Å². The molecule has 1 heterocycles. The Morgan fingerprint density at radius 3 is 2.95 bits per heavy atom. The summed E-state index contributed by atoms with van der Waals surface area (Å²) in [5.74, 6) is -0.663. The molecule has 2 aromatic rings. The van der Waals surface area contributed by atoms with Gasteiger partial charge in [-0.2, -0.15) is 0 Å². The normalized spacial score (nSPS) is 20.9. The highest BCUT2D eigenvalue weighted by Crippen LogP contribution is 2.42. The van der Waals surface area contributed by atoms with Crippen LogP contribution in [0.15, 0.2) is 30.5 Å². The topological polar surface area (TPSA) is 50.2 Å². The molecule has 1 N–H and O–H groups in total. The minimum atomic E-state index is -0.381. The van der Waals surface area contributed by atoms with Crippen LogP contribution in [0.1, 0.15) is 40.6 Å². The van der Waals surface area contributed by atoms with Crippen LogP contribution in [0.5, 0.6) is 5.75 Å². The van der Waals surface area contributed by atoms with Crippen molar-refractivity contribution in [1.82, 2.24) is 4.98 Å². The molecule has 0 bridgehead atoms. The number of fused-ring (bicyclic) bond motifs is 1. The highest BCUT2D eigenvalue weighted by molar-refractivity contribution is 5.65. The van der Waals surface area contributed by atoms with Crippen molar-refractivity contribution in [1.29, 1.82) is 0 Å².